The normalized spacial score (nSPS) is 12.3. The topological polar surface area (TPSA) is 196 Å². The van der Waals surface area contributed by atoms with Gasteiger partial charge in [0.25, 0.3) is 5.91 Å². The highest BCUT2D eigenvalue weighted by Crippen LogP contribution is 2.45. The molecule has 0 aromatic heterocycles. The Bertz CT molecular complexity index is 2310. The van der Waals surface area contributed by atoms with Crippen LogP contribution in [0.15, 0.2) is 133 Å². The summed E-state index contributed by atoms with van der Waals surface area (Å²) >= 11 is 0. The highest BCUT2D eigenvalue weighted by molar-refractivity contribution is 6.10. The maximum atomic E-state index is 13.6. The summed E-state index contributed by atoms with van der Waals surface area (Å²) in [5.41, 5.74) is 13.3. The van der Waals surface area contributed by atoms with Gasteiger partial charge in [0.15, 0.2) is 12.6 Å². The SMILES string of the molecule is C=CCOc1ccc2ccccc2c1-c1c(OCC(=O)N[C@H](C)C(=O)N[C@H](CCCN=C(N)N)C(=O)N[C@@H](CC=C)C(=O)OCc2ccccc2)ccc2ccccc12. The largest absolute Gasteiger partial charge is 0.489 e. The fourth-order valence-electron chi connectivity index (χ4n) is 6.45. The Morgan fingerprint density at radius 2 is 1.31 bits per heavy atom. The molecule has 59 heavy (non-hydrogen) atoms. The van der Waals surface area contributed by atoms with Gasteiger partial charge in [-0.15, -0.1) is 6.58 Å². The van der Waals surface area contributed by atoms with Gasteiger partial charge < -0.3 is 41.6 Å². The zero-order chi connectivity index (χ0) is 42.1. The molecule has 3 amide bonds. The first-order chi connectivity index (χ1) is 28.6. The molecular weight excluding hydrogens is 749 g/mol. The molecule has 0 unspecified atom stereocenters. The first-order valence-corrected chi connectivity index (χ1v) is 19.3. The van der Waals surface area contributed by atoms with Crippen molar-refractivity contribution in [1.82, 2.24) is 16.0 Å². The van der Waals surface area contributed by atoms with E-state index in [1.807, 2.05) is 103 Å². The molecule has 13 nitrogen and oxygen atoms in total. The molecule has 0 saturated heterocycles. The molecule has 0 aliphatic heterocycles. The van der Waals surface area contributed by atoms with Gasteiger partial charge in [-0.25, -0.2) is 4.79 Å². The van der Waals surface area contributed by atoms with Crippen LogP contribution in [-0.4, -0.2) is 67.5 Å². The number of carbonyl (C=O) groups is 4. The molecule has 0 aliphatic rings. The number of benzene rings is 5. The maximum Gasteiger partial charge on any atom is 0.329 e. The number of amides is 3. The van der Waals surface area contributed by atoms with Gasteiger partial charge in [0.2, 0.25) is 11.8 Å². The third-order valence-corrected chi connectivity index (χ3v) is 9.32. The summed E-state index contributed by atoms with van der Waals surface area (Å²) in [6, 6.07) is 29.3. The van der Waals surface area contributed by atoms with Crippen molar-refractivity contribution in [2.24, 2.45) is 16.5 Å². The second-order valence-corrected chi connectivity index (χ2v) is 13.7. The lowest BCUT2D eigenvalue weighted by Gasteiger charge is -2.24. The summed E-state index contributed by atoms with van der Waals surface area (Å²) in [7, 11) is 0. The zero-order valence-corrected chi connectivity index (χ0v) is 33.0. The third-order valence-electron chi connectivity index (χ3n) is 9.32. The molecule has 0 bridgehead atoms. The van der Waals surface area contributed by atoms with Crippen molar-refractivity contribution >= 4 is 51.2 Å². The molecule has 0 aliphatic carbocycles. The molecule has 0 saturated carbocycles. The monoisotopic (exact) mass is 798 g/mol. The number of fused-ring (bicyclic) bond motifs is 2. The van der Waals surface area contributed by atoms with Crippen LogP contribution in [0.5, 0.6) is 11.5 Å². The van der Waals surface area contributed by atoms with Crippen LogP contribution < -0.4 is 36.9 Å². The van der Waals surface area contributed by atoms with E-state index >= 15 is 0 Å². The van der Waals surface area contributed by atoms with Gasteiger partial charge in [-0.1, -0.05) is 110 Å². The Morgan fingerprint density at radius 1 is 0.712 bits per heavy atom. The van der Waals surface area contributed by atoms with Gasteiger partial charge in [0.05, 0.1) is 0 Å². The minimum Gasteiger partial charge on any atom is -0.489 e. The lowest BCUT2D eigenvalue weighted by molar-refractivity contribution is -0.149. The van der Waals surface area contributed by atoms with Crippen molar-refractivity contribution in [3.63, 3.8) is 0 Å². The predicted octanol–water partition coefficient (Wildman–Crippen LogP) is 5.45. The molecule has 13 heteroatoms. The predicted molar refractivity (Wildman–Crippen MR) is 231 cm³/mol. The first kappa shape index (κ1) is 43.0. The van der Waals surface area contributed by atoms with Crippen LogP contribution in [0, 0.1) is 0 Å². The molecular formula is C46H50N6O7. The Morgan fingerprint density at radius 3 is 1.92 bits per heavy atom. The van der Waals surface area contributed by atoms with Crippen molar-refractivity contribution in [1.29, 1.82) is 0 Å². The van der Waals surface area contributed by atoms with Crippen LogP contribution in [0.25, 0.3) is 32.7 Å². The molecule has 3 atom stereocenters. The Kier molecular flexibility index (Phi) is 15.6. The van der Waals surface area contributed by atoms with E-state index in [9.17, 15) is 19.2 Å². The van der Waals surface area contributed by atoms with E-state index in [4.69, 9.17) is 25.7 Å². The van der Waals surface area contributed by atoms with Crippen LogP contribution >= 0.6 is 0 Å². The standard InChI is InChI=1S/C46H50N6O7/c1-4-14-37(45(56)59-28-31-15-7-6-8-16-31)52-44(55)36(21-13-26-49-46(47)48)51-43(54)30(3)50-40(53)29-58-39-25-23-33-18-10-12-20-35(33)42(39)41-34-19-11-9-17-32(34)22-24-38(41)57-27-5-2/h4-12,15-20,22-25,30,36-37H,1-2,13-14,21,26-29H2,3H3,(H,50,53)(H,51,54)(H,52,55)(H4,47,48,49)/t30-,36-,37+/m1/s1. The number of nitrogens with zero attached hydrogens (tertiary/aromatic N) is 1. The van der Waals surface area contributed by atoms with Crippen LogP contribution in [0.2, 0.25) is 0 Å². The third kappa shape index (κ3) is 11.9. The van der Waals surface area contributed by atoms with Crippen molar-refractivity contribution in [3.05, 3.63) is 134 Å². The second kappa shape index (κ2) is 21.4. The number of hydrogen-bond donors (Lipinski definition) is 5. The summed E-state index contributed by atoms with van der Waals surface area (Å²) in [5.74, 6) is -1.57. The van der Waals surface area contributed by atoms with E-state index in [2.05, 4.69) is 34.1 Å². The number of hydrogen-bond acceptors (Lipinski definition) is 8. The van der Waals surface area contributed by atoms with E-state index in [1.54, 1.807) is 6.08 Å². The van der Waals surface area contributed by atoms with E-state index in [0.717, 1.165) is 38.2 Å². The minimum atomic E-state index is -1.11. The highest BCUT2D eigenvalue weighted by Gasteiger charge is 2.29. The molecule has 5 aromatic rings. The maximum absolute atomic E-state index is 13.6. The molecule has 0 radical (unpaired) electrons. The summed E-state index contributed by atoms with van der Waals surface area (Å²) in [6.07, 6.45) is 3.69. The molecule has 5 aromatic carbocycles. The van der Waals surface area contributed by atoms with Gasteiger partial charge in [0.1, 0.15) is 42.8 Å². The summed E-state index contributed by atoms with van der Waals surface area (Å²) in [5, 5.41) is 11.8. The Labute approximate surface area is 343 Å². The van der Waals surface area contributed by atoms with Gasteiger partial charge in [-0.2, -0.15) is 0 Å². The molecule has 306 valence electrons. The average molecular weight is 799 g/mol. The second-order valence-electron chi connectivity index (χ2n) is 13.7. The molecule has 7 N–H and O–H groups in total. The molecule has 0 spiro atoms. The van der Waals surface area contributed by atoms with E-state index in [1.165, 1.54) is 13.0 Å². The van der Waals surface area contributed by atoms with Crippen LogP contribution in [0.4, 0.5) is 0 Å². The number of aliphatic imine (C=N–C) groups is 1. The quantitative estimate of drug-likeness (QED) is 0.0211. The summed E-state index contributed by atoms with van der Waals surface area (Å²) < 4.78 is 17.8. The number of nitrogens with one attached hydrogen (secondary N) is 3. The number of guanidine groups is 1. The van der Waals surface area contributed by atoms with Crippen LogP contribution in [0.3, 0.4) is 0 Å². The number of carbonyl (C=O) groups excluding carboxylic acids is 4. The number of nitrogens with two attached hydrogens (primary N) is 2. The highest BCUT2D eigenvalue weighted by atomic mass is 16.5. The summed E-state index contributed by atoms with van der Waals surface area (Å²) in [6.45, 7) is 9.05. The van der Waals surface area contributed by atoms with Crippen molar-refractivity contribution < 1.29 is 33.4 Å². The zero-order valence-electron chi connectivity index (χ0n) is 33.0. The Balaban J connectivity index is 1.29. The van der Waals surface area contributed by atoms with E-state index in [0.29, 0.717) is 17.9 Å². The number of esters is 1. The molecule has 0 fully saturated rings. The summed E-state index contributed by atoms with van der Waals surface area (Å²) in [4.78, 5) is 57.5. The number of ether oxygens (including phenoxy) is 3. The molecule has 5 rings (SSSR count). The Hall–Kier alpha value is -7.15. The fraction of sp³-hybridized carbons (Fsp3) is 0.239. The fourth-order valence-corrected chi connectivity index (χ4v) is 6.45. The first-order valence-electron chi connectivity index (χ1n) is 19.3. The van der Waals surface area contributed by atoms with E-state index in [-0.39, 0.29) is 38.6 Å². The van der Waals surface area contributed by atoms with Crippen LogP contribution in [0.1, 0.15) is 31.7 Å². The van der Waals surface area contributed by atoms with Gasteiger partial charge >= 0.3 is 5.97 Å². The molecule has 0 heterocycles. The number of rotatable bonds is 21. The van der Waals surface area contributed by atoms with Crippen molar-refractivity contribution in [2.45, 2.75) is 50.9 Å². The smallest absolute Gasteiger partial charge is 0.329 e. The minimum absolute atomic E-state index is 0.0132. The van der Waals surface area contributed by atoms with E-state index < -0.39 is 48.4 Å². The lowest BCUT2D eigenvalue weighted by atomic mass is 9.92. The van der Waals surface area contributed by atoms with Gasteiger partial charge in [0, 0.05) is 17.7 Å². The van der Waals surface area contributed by atoms with Crippen molar-refractivity contribution in [3.8, 4) is 22.6 Å². The van der Waals surface area contributed by atoms with Crippen molar-refractivity contribution in [2.75, 3.05) is 19.8 Å². The van der Waals surface area contributed by atoms with Gasteiger partial charge in [-0.3, -0.25) is 19.4 Å². The van der Waals surface area contributed by atoms with Gasteiger partial charge in [-0.05, 0) is 65.4 Å². The van der Waals surface area contributed by atoms with Crippen LogP contribution in [-0.2, 0) is 30.5 Å². The average Bonchev–Trinajstić information content (AvgIpc) is 3.24. The lowest BCUT2D eigenvalue weighted by Crippen LogP contribution is -2.55.